The fraction of sp³-hybridized carbons (Fsp3) is 0.556. The third-order valence-electron chi connectivity index (χ3n) is 4.65. The molecule has 0 spiro atoms. The molecule has 144 valence electrons. The lowest BCUT2D eigenvalue weighted by Gasteiger charge is -2.22. The predicted octanol–water partition coefficient (Wildman–Crippen LogP) is 2.70. The van der Waals surface area contributed by atoms with E-state index in [0.29, 0.717) is 19.4 Å². The van der Waals surface area contributed by atoms with E-state index in [1.165, 1.54) is 22.2 Å². The smallest absolute Gasteiger partial charge is 0.326 e. The molecule has 1 amide bonds. The molecule has 1 aromatic rings. The number of rotatable bonds is 9. The van der Waals surface area contributed by atoms with Gasteiger partial charge in [0, 0.05) is 18.0 Å². The van der Waals surface area contributed by atoms with Crippen LogP contribution in [0, 0.1) is 0 Å². The summed E-state index contributed by atoms with van der Waals surface area (Å²) >= 11 is 1.52. The van der Waals surface area contributed by atoms with E-state index in [1.54, 1.807) is 0 Å². The lowest BCUT2D eigenvalue weighted by molar-refractivity contribution is -0.147. The molecule has 0 aromatic heterocycles. The number of aliphatic carboxylic acids is 1. The summed E-state index contributed by atoms with van der Waals surface area (Å²) in [5.41, 5.74) is 1.18. The van der Waals surface area contributed by atoms with Gasteiger partial charge in [0.25, 0.3) is 0 Å². The van der Waals surface area contributed by atoms with Gasteiger partial charge in [0.05, 0.1) is 0 Å². The summed E-state index contributed by atoms with van der Waals surface area (Å²) in [7, 11) is -3.60. The van der Waals surface area contributed by atoms with Gasteiger partial charge in [-0.05, 0) is 37.5 Å². The number of nitrogens with zero attached hydrogens (tertiary/aromatic N) is 1. The van der Waals surface area contributed by atoms with E-state index in [9.17, 15) is 24.2 Å². The van der Waals surface area contributed by atoms with Crippen LogP contribution in [0.2, 0.25) is 0 Å². The molecule has 8 heteroatoms. The van der Waals surface area contributed by atoms with E-state index >= 15 is 0 Å². The summed E-state index contributed by atoms with van der Waals surface area (Å²) in [6.07, 6.45) is 4.05. The maximum Gasteiger partial charge on any atom is 0.326 e. The first-order chi connectivity index (χ1) is 12.3. The number of likely N-dealkylation sites (tertiary alicyclic amines) is 1. The molecule has 2 N–H and O–H groups in total. The number of unbranched alkanes of at least 4 members (excludes halogenated alkanes) is 1. The second-order valence-electron chi connectivity index (χ2n) is 6.66. The maximum atomic E-state index is 12.4. The minimum atomic E-state index is -3.60. The van der Waals surface area contributed by atoms with Crippen LogP contribution < -0.4 is 0 Å². The molecule has 2 rings (SSSR count). The highest BCUT2D eigenvalue weighted by molar-refractivity contribution is 7.99. The van der Waals surface area contributed by atoms with Gasteiger partial charge in [-0.25, -0.2) is 4.79 Å². The van der Waals surface area contributed by atoms with Crippen molar-refractivity contribution in [1.82, 2.24) is 4.90 Å². The van der Waals surface area contributed by atoms with Crippen LogP contribution in [-0.4, -0.2) is 63.2 Å². The molecule has 1 saturated heterocycles. The van der Waals surface area contributed by atoms with E-state index in [2.05, 4.69) is 0 Å². The molecule has 1 heterocycles. The minimum Gasteiger partial charge on any atom is -0.480 e. The SMILES string of the molecule is CS[C@H]1C[C@@H](C(=O)O)N(C(=O)CP(=O)(O)CCCCc2ccccc2)C1. The fourth-order valence-electron chi connectivity index (χ4n) is 3.19. The third kappa shape index (κ3) is 6.15. The molecular formula is C18H26NO5PS. The molecule has 1 aliphatic heterocycles. The van der Waals surface area contributed by atoms with Crippen molar-refractivity contribution in [2.45, 2.75) is 37.0 Å². The molecular weight excluding hydrogens is 373 g/mol. The molecule has 1 fully saturated rings. The van der Waals surface area contributed by atoms with Crippen molar-refractivity contribution in [2.24, 2.45) is 0 Å². The fourth-order valence-corrected chi connectivity index (χ4v) is 5.36. The Hall–Kier alpha value is -1.30. The van der Waals surface area contributed by atoms with Crippen molar-refractivity contribution in [3.63, 3.8) is 0 Å². The summed E-state index contributed by atoms with van der Waals surface area (Å²) in [5, 5.41) is 9.35. The first kappa shape index (κ1) is 21.0. The molecule has 6 nitrogen and oxygen atoms in total. The van der Waals surface area contributed by atoms with Crippen LogP contribution in [-0.2, 0) is 20.6 Å². The van der Waals surface area contributed by atoms with Gasteiger partial charge in [-0.15, -0.1) is 0 Å². The number of carbonyl (C=O) groups excluding carboxylic acids is 1. The normalized spacial score (nSPS) is 22.2. The molecule has 1 unspecified atom stereocenters. The summed E-state index contributed by atoms with van der Waals surface area (Å²) in [5.74, 6) is -1.58. The number of carboxylic acid groups (broad SMARTS) is 1. The van der Waals surface area contributed by atoms with Crippen molar-refractivity contribution in [3.05, 3.63) is 35.9 Å². The zero-order valence-electron chi connectivity index (χ0n) is 14.9. The first-order valence-corrected chi connectivity index (χ1v) is 12.0. The number of carbonyl (C=O) groups is 2. The molecule has 1 aliphatic rings. The Morgan fingerprint density at radius 1 is 1.27 bits per heavy atom. The topological polar surface area (TPSA) is 94.9 Å². The molecule has 0 bridgehead atoms. The van der Waals surface area contributed by atoms with Gasteiger partial charge in [0.2, 0.25) is 13.3 Å². The Morgan fingerprint density at radius 3 is 2.58 bits per heavy atom. The van der Waals surface area contributed by atoms with Crippen LogP contribution in [0.25, 0.3) is 0 Å². The van der Waals surface area contributed by atoms with E-state index in [4.69, 9.17) is 0 Å². The minimum absolute atomic E-state index is 0.0593. The number of benzene rings is 1. The van der Waals surface area contributed by atoms with Gasteiger partial charge in [0.15, 0.2) is 0 Å². The third-order valence-corrected chi connectivity index (χ3v) is 7.44. The lowest BCUT2D eigenvalue weighted by atomic mass is 10.1. The van der Waals surface area contributed by atoms with Crippen molar-refractivity contribution in [2.75, 3.05) is 25.1 Å². The summed E-state index contributed by atoms with van der Waals surface area (Å²) in [4.78, 5) is 35.2. The first-order valence-electron chi connectivity index (χ1n) is 8.72. The standard InChI is InChI=1S/C18H26NO5PS/c1-26-15-11-16(18(21)22)19(12-15)17(20)13-25(23,24)10-6-5-9-14-7-3-2-4-8-14/h2-4,7-8,15-16H,5-6,9-13H2,1H3,(H,21,22)(H,23,24)/t15-,16-/m0/s1. The van der Waals surface area contributed by atoms with Gasteiger partial charge >= 0.3 is 5.97 Å². The highest BCUT2D eigenvalue weighted by atomic mass is 32.2. The van der Waals surface area contributed by atoms with Crippen molar-refractivity contribution in [3.8, 4) is 0 Å². The van der Waals surface area contributed by atoms with Crippen LogP contribution in [0.15, 0.2) is 30.3 Å². The Balaban J connectivity index is 1.82. The average Bonchev–Trinajstić information content (AvgIpc) is 3.04. The Kier molecular flexibility index (Phi) is 7.74. The van der Waals surface area contributed by atoms with Crippen LogP contribution >= 0.6 is 19.1 Å². The lowest BCUT2D eigenvalue weighted by Crippen LogP contribution is -2.42. The molecule has 1 aromatic carbocycles. The van der Waals surface area contributed by atoms with Crippen molar-refractivity contribution >= 4 is 31.0 Å². The molecule has 26 heavy (non-hydrogen) atoms. The second-order valence-corrected chi connectivity index (χ2v) is 10.3. The number of aryl methyl sites for hydroxylation is 1. The van der Waals surface area contributed by atoms with Crippen LogP contribution in [0.4, 0.5) is 0 Å². The summed E-state index contributed by atoms with van der Waals surface area (Å²) < 4.78 is 12.4. The van der Waals surface area contributed by atoms with Gasteiger partial charge in [0.1, 0.15) is 12.2 Å². The number of hydrogen-bond acceptors (Lipinski definition) is 4. The summed E-state index contributed by atoms with van der Waals surface area (Å²) in [6.45, 7) is 0.324. The van der Waals surface area contributed by atoms with Gasteiger partial charge in [-0.3, -0.25) is 9.36 Å². The van der Waals surface area contributed by atoms with Crippen molar-refractivity contribution in [1.29, 1.82) is 0 Å². The number of hydrogen-bond donors (Lipinski definition) is 2. The maximum absolute atomic E-state index is 12.4. The van der Waals surface area contributed by atoms with E-state index in [1.807, 2.05) is 36.6 Å². The number of carboxylic acids is 1. The monoisotopic (exact) mass is 399 g/mol. The Morgan fingerprint density at radius 2 is 1.96 bits per heavy atom. The van der Waals surface area contributed by atoms with E-state index in [0.717, 1.165) is 12.8 Å². The quantitative estimate of drug-likeness (QED) is 0.490. The second kappa shape index (κ2) is 9.58. The largest absolute Gasteiger partial charge is 0.480 e. The zero-order valence-corrected chi connectivity index (χ0v) is 16.6. The molecule has 3 atom stereocenters. The summed E-state index contributed by atoms with van der Waals surface area (Å²) in [6, 6.07) is 9.01. The zero-order chi connectivity index (χ0) is 19.2. The highest BCUT2D eigenvalue weighted by Crippen LogP contribution is 2.42. The van der Waals surface area contributed by atoms with Gasteiger partial charge in [-0.1, -0.05) is 30.3 Å². The van der Waals surface area contributed by atoms with Crippen LogP contribution in [0.3, 0.4) is 0 Å². The van der Waals surface area contributed by atoms with Crippen LogP contribution in [0.1, 0.15) is 24.8 Å². The molecule has 0 aliphatic carbocycles. The van der Waals surface area contributed by atoms with Gasteiger partial charge < -0.3 is 14.9 Å². The predicted molar refractivity (Wildman–Crippen MR) is 104 cm³/mol. The molecule has 0 radical (unpaired) electrons. The number of amides is 1. The van der Waals surface area contributed by atoms with Crippen molar-refractivity contribution < 1.29 is 24.2 Å². The van der Waals surface area contributed by atoms with E-state index in [-0.39, 0.29) is 11.4 Å². The Bertz CT molecular complexity index is 669. The van der Waals surface area contributed by atoms with Gasteiger partial charge in [-0.2, -0.15) is 11.8 Å². The highest BCUT2D eigenvalue weighted by Gasteiger charge is 2.40. The molecule has 0 saturated carbocycles. The average molecular weight is 399 g/mol. The van der Waals surface area contributed by atoms with Crippen LogP contribution in [0.5, 0.6) is 0 Å². The van der Waals surface area contributed by atoms with E-state index < -0.39 is 31.4 Å². The number of thioether (sulfide) groups is 1. The Labute approximate surface area is 158 Å².